The maximum Gasteiger partial charge on any atom is 0.573 e. The zero-order chi connectivity index (χ0) is 15.5. The Morgan fingerprint density at radius 2 is 2.19 bits per heavy atom. The SMILES string of the molecule is N#Cc1ccc(-c2cnc(NC=O)s2)cc1OC(F)(F)F. The Morgan fingerprint density at radius 1 is 1.43 bits per heavy atom. The van der Waals surface area contributed by atoms with E-state index in [1.165, 1.54) is 18.3 Å². The van der Waals surface area contributed by atoms with Crippen molar-refractivity contribution >= 4 is 22.9 Å². The van der Waals surface area contributed by atoms with E-state index < -0.39 is 12.1 Å². The van der Waals surface area contributed by atoms with Crippen molar-refractivity contribution in [2.24, 2.45) is 0 Å². The summed E-state index contributed by atoms with van der Waals surface area (Å²) in [5.74, 6) is -0.583. The molecule has 2 aromatic rings. The molecule has 1 N–H and O–H groups in total. The average Bonchev–Trinajstić information content (AvgIpc) is 2.86. The lowest BCUT2D eigenvalue weighted by molar-refractivity contribution is -0.274. The van der Waals surface area contributed by atoms with Gasteiger partial charge < -0.3 is 10.1 Å². The van der Waals surface area contributed by atoms with E-state index in [1.54, 1.807) is 6.07 Å². The fourth-order valence-electron chi connectivity index (χ4n) is 1.50. The number of nitrogens with zero attached hydrogens (tertiary/aromatic N) is 2. The number of nitrogens with one attached hydrogen (secondary N) is 1. The van der Waals surface area contributed by atoms with Gasteiger partial charge in [-0.25, -0.2) is 4.98 Å². The molecule has 0 saturated carbocycles. The van der Waals surface area contributed by atoms with E-state index >= 15 is 0 Å². The molecular formula is C12H6F3N3O2S. The van der Waals surface area contributed by atoms with Crippen LogP contribution in [0.4, 0.5) is 18.3 Å². The molecule has 0 radical (unpaired) electrons. The van der Waals surface area contributed by atoms with Crippen molar-refractivity contribution in [2.75, 3.05) is 5.32 Å². The third-order valence-corrected chi connectivity index (χ3v) is 3.28. The van der Waals surface area contributed by atoms with Gasteiger partial charge in [-0.1, -0.05) is 17.4 Å². The summed E-state index contributed by atoms with van der Waals surface area (Å²) in [6.07, 6.45) is -3.04. The Balaban J connectivity index is 2.38. The molecule has 0 spiro atoms. The van der Waals surface area contributed by atoms with Gasteiger partial charge >= 0.3 is 6.36 Å². The number of halogens is 3. The van der Waals surface area contributed by atoms with Crippen LogP contribution in [-0.4, -0.2) is 17.8 Å². The maximum atomic E-state index is 12.3. The molecule has 1 heterocycles. The average molecular weight is 313 g/mol. The molecule has 0 aliphatic heterocycles. The van der Waals surface area contributed by atoms with Gasteiger partial charge in [-0.2, -0.15) is 5.26 Å². The molecule has 108 valence electrons. The van der Waals surface area contributed by atoms with Crippen LogP contribution in [0.15, 0.2) is 24.4 Å². The van der Waals surface area contributed by atoms with Crippen molar-refractivity contribution in [1.82, 2.24) is 4.98 Å². The van der Waals surface area contributed by atoms with Crippen LogP contribution in [0.25, 0.3) is 10.4 Å². The number of nitriles is 1. The highest BCUT2D eigenvalue weighted by Gasteiger charge is 2.32. The molecule has 1 amide bonds. The van der Waals surface area contributed by atoms with Crippen LogP contribution >= 0.6 is 11.3 Å². The molecule has 0 unspecified atom stereocenters. The molecule has 0 atom stereocenters. The molecule has 0 bridgehead atoms. The Bertz CT molecular complexity index is 707. The highest BCUT2D eigenvalue weighted by molar-refractivity contribution is 7.19. The summed E-state index contributed by atoms with van der Waals surface area (Å²) in [6, 6.07) is 5.43. The summed E-state index contributed by atoms with van der Waals surface area (Å²) < 4.78 is 40.7. The number of amides is 1. The van der Waals surface area contributed by atoms with Crippen LogP contribution in [0, 0.1) is 11.3 Å². The standard InChI is InChI=1S/C12H6F3N3O2S/c13-12(14,15)20-9-3-7(1-2-8(9)4-16)10-5-17-11(21-10)18-6-19/h1-3,5-6H,(H,17,18,19). The third-order valence-electron chi connectivity index (χ3n) is 2.30. The first kappa shape index (κ1) is 14.8. The molecule has 0 aliphatic rings. The summed E-state index contributed by atoms with van der Waals surface area (Å²) in [7, 11) is 0. The van der Waals surface area contributed by atoms with Gasteiger partial charge in [0.1, 0.15) is 11.8 Å². The number of alkyl halides is 3. The molecule has 2 rings (SSSR count). The molecular weight excluding hydrogens is 307 g/mol. The number of benzene rings is 1. The van der Waals surface area contributed by atoms with Crippen LogP contribution in [0.3, 0.4) is 0 Å². The molecule has 21 heavy (non-hydrogen) atoms. The number of hydrogen-bond acceptors (Lipinski definition) is 5. The first-order chi connectivity index (χ1) is 9.93. The lowest BCUT2D eigenvalue weighted by Crippen LogP contribution is -2.17. The van der Waals surface area contributed by atoms with Crippen LogP contribution in [0.2, 0.25) is 0 Å². The quantitative estimate of drug-likeness (QED) is 0.880. The van der Waals surface area contributed by atoms with Crippen molar-refractivity contribution in [3.8, 4) is 22.3 Å². The second-order valence-electron chi connectivity index (χ2n) is 3.66. The van der Waals surface area contributed by atoms with E-state index in [9.17, 15) is 18.0 Å². The molecule has 9 heteroatoms. The maximum absolute atomic E-state index is 12.3. The number of rotatable bonds is 4. The number of carbonyl (C=O) groups excluding carboxylic acids is 1. The number of anilines is 1. The first-order valence-electron chi connectivity index (χ1n) is 5.39. The van der Waals surface area contributed by atoms with Gasteiger partial charge in [-0.05, 0) is 17.7 Å². The first-order valence-corrected chi connectivity index (χ1v) is 6.21. The minimum absolute atomic E-state index is 0.230. The van der Waals surface area contributed by atoms with E-state index in [0.717, 1.165) is 17.4 Å². The summed E-state index contributed by atoms with van der Waals surface area (Å²) >= 11 is 1.08. The Morgan fingerprint density at radius 3 is 2.81 bits per heavy atom. The minimum Gasteiger partial charge on any atom is -0.404 e. The van der Waals surface area contributed by atoms with Gasteiger partial charge in [0, 0.05) is 6.20 Å². The van der Waals surface area contributed by atoms with E-state index in [0.29, 0.717) is 22.0 Å². The fourth-order valence-corrected chi connectivity index (χ4v) is 2.27. The number of hydrogen-bond donors (Lipinski definition) is 1. The van der Waals surface area contributed by atoms with Crippen molar-refractivity contribution in [1.29, 1.82) is 5.26 Å². The Kier molecular flexibility index (Phi) is 4.09. The van der Waals surface area contributed by atoms with E-state index in [2.05, 4.69) is 15.0 Å². The summed E-state index contributed by atoms with van der Waals surface area (Å²) in [4.78, 5) is 14.7. The van der Waals surface area contributed by atoms with Crippen LogP contribution in [-0.2, 0) is 4.79 Å². The number of carbonyl (C=O) groups is 1. The van der Waals surface area contributed by atoms with Crippen molar-refractivity contribution in [3.63, 3.8) is 0 Å². The lowest BCUT2D eigenvalue weighted by Gasteiger charge is -2.11. The Hall–Kier alpha value is -2.60. The van der Waals surface area contributed by atoms with Crippen LogP contribution < -0.4 is 10.1 Å². The molecule has 0 aliphatic carbocycles. The van der Waals surface area contributed by atoms with Gasteiger partial charge in [0.25, 0.3) is 0 Å². The summed E-state index contributed by atoms with van der Waals surface area (Å²) in [6.45, 7) is 0. The highest BCUT2D eigenvalue weighted by atomic mass is 32.1. The molecule has 1 aromatic carbocycles. The second-order valence-corrected chi connectivity index (χ2v) is 4.69. The summed E-state index contributed by atoms with van der Waals surface area (Å²) in [5, 5.41) is 11.4. The zero-order valence-corrected chi connectivity index (χ0v) is 11.0. The predicted molar refractivity (Wildman–Crippen MR) is 68.6 cm³/mol. The third kappa shape index (κ3) is 3.70. The van der Waals surface area contributed by atoms with E-state index in [-0.39, 0.29) is 5.56 Å². The van der Waals surface area contributed by atoms with Crippen LogP contribution in [0.5, 0.6) is 5.75 Å². The van der Waals surface area contributed by atoms with E-state index in [4.69, 9.17) is 5.26 Å². The van der Waals surface area contributed by atoms with Gasteiger partial charge in [-0.15, -0.1) is 13.2 Å². The highest BCUT2D eigenvalue weighted by Crippen LogP contribution is 2.34. The van der Waals surface area contributed by atoms with E-state index in [1.807, 2.05) is 0 Å². The molecule has 5 nitrogen and oxygen atoms in total. The fraction of sp³-hybridized carbons (Fsp3) is 0.0833. The van der Waals surface area contributed by atoms with Gasteiger partial charge in [-0.3, -0.25) is 4.79 Å². The summed E-state index contributed by atoms with van der Waals surface area (Å²) in [5.41, 5.74) is 0.163. The van der Waals surface area contributed by atoms with Crippen molar-refractivity contribution in [2.45, 2.75) is 6.36 Å². The van der Waals surface area contributed by atoms with Crippen molar-refractivity contribution in [3.05, 3.63) is 30.0 Å². The number of ether oxygens (including phenoxy) is 1. The van der Waals surface area contributed by atoms with Crippen LogP contribution in [0.1, 0.15) is 5.56 Å². The van der Waals surface area contributed by atoms with Gasteiger partial charge in [0.15, 0.2) is 5.13 Å². The van der Waals surface area contributed by atoms with Gasteiger partial charge in [0.05, 0.1) is 10.4 Å². The second kappa shape index (κ2) is 5.80. The zero-order valence-electron chi connectivity index (χ0n) is 10.1. The minimum atomic E-state index is -4.89. The lowest BCUT2D eigenvalue weighted by atomic mass is 10.1. The van der Waals surface area contributed by atoms with Gasteiger partial charge in [0.2, 0.25) is 6.41 Å². The Labute approximate surface area is 120 Å². The monoisotopic (exact) mass is 313 g/mol. The normalized spacial score (nSPS) is 10.8. The number of aromatic nitrogens is 1. The number of thiazole rings is 1. The molecule has 1 aromatic heterocycles. The smallest absolute Gasteiger partial charge is 0.404 e. The largest absolute Gasteiger partial charge is 0.573 e. The molecule has 0 saturated heterocycles. The van der Waals surface area contributed by atoms with Crippen molar-refractivity contribution < 1.29 is 22.7 Å². The molecule has 0 fully saturated rings. The topological polar surface area (TPSA) is 75.0 Å². The predicted octanol–water partition coefficient (Wildman–Crippen LogP) is 3.15.